The molecule has 0 spiro atoms. The Labute approximate surface area is 101 Å². The number of hydrogen-bond donors (Lipinski definition) is 0. The van der Waals surface area contributed by atoms with Gasteiger partial charge < -0.3 is 0 Å². The van der Waals surface area contributed by atoms with Crippen molar-refractivity contribution in [2.45, 2.75) is 6.92 Å². The van der Waals surface area contributed by atoms with E-state index in [1.54, 1.807) is 37.1 Å². The highest BCUT2D eigenvalue weighted by atomic mass is 15.2. The highest BCUT2D eigenvalue weighted by molar-refractivity contribution is 5.84. The van der Waals surface area contributed by atoms with E-state index < -0.39 is 0 Å². The van der Waals surface area contributed by atoms with Gasteiger partial charge in [-0.1, -0.05) is 6.08 Å². The summed E-state index contributed by atoms with van der Waals surface area (Å²) in [6.45, 7) is 5.28. The molecule has 0 aliphatic heterocycles. The summed E-state index contributed by atoms with van der Waals surface area (Å²) in [4.78, 5) is 7.54. The van der Waals surface area contributed by atoms with Crippen molar-refractivity contribution in [2.75, 3.05) is 0 Å². The molecule has 1 rings (SSSR count). The number of aliphatic imine (C=N–C) groups is 1. The first-order chi connectivity index (χ1) is 8.36. The van der Waals surface area contributed by atoms with E-state index in [2.05, 4.69) is 26.9 Å². The molecule has 1 aromatic heterocycles. The summed E-state index contributed by atoms with van der Waals surface area (Å²) in [6.07, 6.45) is 12.1. The minimum atomic E-state index is 0.921. The van der Waals surface area contributed by atoms with Gasteiger partial charge in [-0.25, -0.2) is 0 Å². The van der Waals surface area contributed by atoms with E-state index in [1.807, 2.05) is 25.1 Å². The quantitative estimate of drug-likeness (QED) is 0.432. The molecule has 0 aliphatic carbocycles. The molecule has 0 aliphatic rings. The summed E-state index contributed by atoms with van der Waals surface area (Å²) in [6, 6.07) is 3.72. The van der Waals surface area contributed by atoms with Crippen molar-refractivity contribution in [1.29, 1.82) is 0 Å². The number of pyridine rings is 1. The maximum absolute atomic E-state index is 3.93. The van der Waals surface area contributed by atoms with Crippen LogP contribution in [0.25, 0.3) is 0 Å². The first-order valence-electron chi connectivity index (χ1n) is 5.12. The zero-order valence-electron chi connectivity index (χ0n) is 9.69. The Hall–Kier alpha value is -2.36. The van der Waals surface area contributed by atoms with Crippen LogP contribution in [0.1, 0.15) is 12.5 Å². The van der Waals surface area contributed by atoms with Gasteiger partial charge >= 0.3 is 0 Å². The molecule has 1 heterocycles. The standard InChI is InChI=1S/C13H14N4/c1-3-12(4-7-14-2)10-16-17-11-13-5-8-15-9-6-13/h3-11H,2H2,1H3/b7-4-,12-3+,16-10+,17-11+. The molecule has 1 aromatic rings. The SMILES string of the molecule is C=N\C=C/C(/C=N/N=C/c1ccncc1)=C\C. The number of hydrogen-bond acceptors (Lipinski definition) is 4. The third-order valence-corrected chi connectivity index (χ3v) is 1.89. The van der Waals surface area contributed by atoms with Crippen molar-refractivity contribution in [3.05, 3.63) is 54.0 Å². The maximum Gasteiger partial charge on any atom is 0.0569 e. The second kappa shape index (κ2) is 7.87. The first-order valence-corrected chi connectivity index (χ1v) is 5.12. The van der Waals surface area contributed by atoms with Crippen LogP contribution in [0, 0.1) is 0 Å². The van der Waals surface area contributed by atoms with Crippen LogP contribution in [0.15, 0.2) is 63.6 Å². The fraction of sp³-hybridized carbons (Fsp3) is 0.0769. The van der Waals surface area contributed by atoms with Gasteiger partial charge in [-0.2, -0.15) is 10.2 Å². The smallest absolute Gasteiger partial charge is 0.0569 e. The summed E-state index contributed by atoms with van der Waals surface area (Å²) in [5, 5.41) is 7.87. The molecule has 0 N–H and O–H groups in total. The highest BCUT2D eigenvalue weighted by Gasteiger charge is 1.84. The summed E-state index contributed by atoms with van der Waals surface area (Å²) < 4.78 is 0. The lowest BCUT2D eigenvalue weighted by Gasteiger charge is -1.89. The summed E-state index contributed by atoms with van der Waals surface area (Å²) in [5.41, 5.74) is 1.88. The van der Waals surface area contributed by atoms with Crippen molar-refractivity contribution in [3.63, 3.8) is 0 Å². The topological polar surface area (TPSA) is 50.0 Å². The molecule has 86 valence electrons. The lowest BCUT2D eigenvalue weighted by atomic mass is 10.3. The second-order valence-electron chi connectivity index (χ2n) is 3.06. The second-order valence-corrected chi connectivity index (χ2v) is 3.06. The fourth-order valence-corrected chi connectivity index (χ4v) is 1.00. The predicted molar refractivity (Wildman–Crippen MR) is 72.8 cm³/mol. The van der Waals surface area contributed by atoms with Crippen LogP contribution < -0.4 is 0 Å². The summed E-state index contributed by atoms with van der Waals surface area (Å²) >= 11 is 0. The third kappa shape index (κ3) is 5.32. The molecule has 4 heteroatoms. The molecule has 4 nitrogen and oxygen atoms in total. The van der Waals surface area contributed by atoms with Crippen LogP contribution in [-0.4, -0.2) is 24.1 Å². The first kappa shape index (κ1) is 12.7. The van der Waals surface area contributed by atoms with E-state index in [0.717, 1.165) is 11.1 Å². The molecule has 0 saturated carbocycles. The van der Waals surface area contributed by atoms with Gasteiger partial charge in [-0.15, -0.1) is 0 Å². The molecule has 0 aromatic carbocycles. The molecule has 0 atom stereocenters. The molecule has 0 radical (unpaired) electrons. The molecule has 0 bridgehead atoms. The highest BCUT2D eigenvalue weighted by Crippen LogP contribution is 1.94. The van der Waals surface area contributed by atoms with Crippen molar-refractivity contribution >= 4 is 19.1 Å². The Balaban J connectivity index is 2.58. The average molecular weight is 226 g/mol. The number of nitrogens with zero attached hydrogens (tertiary/aromatic N) is 4. The molecule has 0 unspecified atom stereocenters. The van der Waals surface area contributed by atoms with E-state index in [4.69, 9.17) is 0 Å². The van der Waals surface area contributed by atoms with Gasteiger partial charge in [0.2, 0.25) is 0 Å². The number of allylic oxidation sites excluding steroid dienone is 3. The van der Waals surface area contributed by atoms with Crippen LogP contribution in [0.3, 0.4) is 0 Å². The lowest BCUT2D eigenvalue weighted by molar-refractivity contribution is 1.26. The van der Waals surface area contributed by atoms with E-state index in [0.29, 0.717) is 0 Å². The van der Waals surface area contributed by atoms with Crippen LogP contribution >= 0.6 is 0 Å². The van der Waals surface area contributed by atoms with Gasteiger partial charge in [0.15, 0.2) is 0 Å². The Morgan fingerprint density at radius 3 is 2.71 bits per heavy atom. The largest absolute Gasteiger partial charge is 0.272 e. The van der Waals surface area contributed by atoms with Crippen molar-refractivity contribution < 1.29 is 0 Å². The minimum absolute atomic E-state index is 0.921. The summed E-state index contributed by atoms with van der Waals surface area (Å²) in [7, 11) is 0. The molecule has 0 amide bonds. The van der Waals surface area contributed by atoms with Crippen LogP contribution in [0.5, 0.6) is 0 Å². The maximum atomic E-state index is 3.93. The van der Waals surface area contributed by atoms with E-state index in [9.17, 15) is 0 Å². The zero-order valence-corrected chi connectivity index (χ0v) is 9.69. The van der Waals surface area contributed by atoms with Crippen molar-refractivity contribution in [3.8, 4) is 0 Å². The normalized spacial score (nSPS) is 12.9. The predicted octanol–water partition coefficient (Wildman–Crippen LogP) is 2.65. The number of rotatable bonds is 5. The monoisotopic (exact) mass is 226 g/mol. The fourth-order valence-electron chi connectivity index (χ4n) is 1.00. The molecular weight excluding hydrogens is 212 g/mol. The molecule has 0 fully saturated rings. The Morgan fingerprint density at radius 1 is 1.29 bits per heavy atom. The zero-order chi connectivity index (χ0) is 12.3. The third-order valence-electron chi connectivity index (χ3n) is 1.89. The van der Waals surface area contributed by atoms with E-state index >= 15 is 0 Å². The lowest BCUT2D eigenvalue weighted by Crippen LogP contribution is -1.81. The van der Waals surface area contributed by atoms with Gasteiger partial charge in [0.05, 0.1) is 12.4 Å². The van der Waals surface area contributed by atoms with Gasteiger partial charge in [0.25, 0.3) is 0 Å². The van der Waals surface area contributed by atoms with Crippen LogP contribution in [0.2, 0.25) is 0 Å². The van der Waals surface area contributed by atoms with Crippen molar-refractivity contribution in [1.82, 2.24) is 4.98 Å². The van der Waals surface area contributed by atoms with Gasteiger partial charge in [-0.3, -0.25) is 9.98 Å². The summed E-state index contributed by atoms with van der Waals surface area (Å²) in [5.74, 6) is 0. The Morgan fingerprint density at radius 2 is 2.06 bits per heavy atom. The van der Waals surface area contributed by atoms with Crippen LogP contribution in [-0.2, 0) is 0 Å². The van der Waals surface area contributed by atoms with E-state index in [-0.39, 0.29) is 0 Å². The number of aromatic nitrogens is 1. The van der Waals surface area contributed by atoms with Crippen molar-refractivity contribution in [2.24, 2.45) is 15.2 Å². The Bertz CT molecular complexity index is 456. The van der Waals surface area contributed by atoms with Gasteiger partial charge in [-0.05, 0) is 43.0 Å². The minimum Gasteiger partial charge on any atom is -0.272 e. The molecule has 17 heavy (non-hydrogen) atoms. The molecular formula is C13H14N4. The average Bonchev–Trinajstić information content (AvgIpc) is 2.39. The van der Waals surface area contributed by atoms with Gasteiger partial charge in [0, 0.05) is 18.6 Å². The Kier molecular flexibility index (Phi) is 5.88. The molecule has 0 saturated heterocycles. The van der Waals surface area contributed by atoms with Gasteiger partial charge in [0.1, 0.15) is 0 Å². The van der Waals surface area contributed by atoms with Crippen LogP contribution in [0.4, 0.5) is 0 Å². The van der Waals surface area contributed by atoms with E-state index in [1.165, 1.54) is 0 Å².